The Bertz CT molecular complexity index is 1020. The zero-order chi connectivity index (χ0) is 21.2. The Labute approximate surface area is 182 Å². The van der Waals surface area contributed by atoms with Crippen LogP contribution in [0.2, 0.25) is 0 Å². The molecule has 164 valence electrons. The van der Waals surface area contributed by atoms with Crippen LogP contribution in [-0.2, 0) is 0 Å². The third kappa shape index (κ3) is 4.65. The lowest BCUT2D eigenvalue weighted by Gasteiger charge is -2.28. The van der Waals surface area contributed by atoms with Crippen LogP contribution in [0.4, 0.5) is 11.6 Å². The van der Waals surface area contributed by atoms with Gasteiger partial charge in [0, 0.05) is 23.8 Å². The van der Waals surface area contributed by atoms with Crippen LogP contribution in [0.3, 0.4) is 0 Å². The minimum atomic E-state index is 0.199. The van der Waals surface area contributed by atoms with Gasteiger partial charge in [-0.2, -0.15) is 5.10 Å². The number of nitrogens with two attached hydrogens (primary N) is 1. The molecule has 2 aliphatic rings. The first-order chi connectivity index (χ1) is 15.1. The van der Waals surface area contributed by atoms with Crippen LogP contribution in [0.25, 0.3) is 10.9 Å². The number of hydrogen-bond acceptors (Lipinski definition) is 7. The van der Waals surface area contributed by atoms with Crippen molar-refractivity contribution in [1.29, 1.82) is 0 Å². The van der Waals surface area contributed by atoms with E-state index in [2.05, 4.69) is 38.2 Å². The van der Waals surface area contributed by atoms with Crippen molar-refractivity contribution >= 4 is 22.5 Å². The minimum absolute atomic E-state index is 0.199. The van der Waals surface area contributed by atoms with E-state index >= 15 is 0 Å². The summed E-state index contributed by atoms with van der Waals surface area (Å²) in [5.41, 5.74) is 7.77. The van der Waals surface area contributed by atoms with E-state index in [1.54, 1.807) is 0 Å². The molecule has 3 heterocycles. The van der Waals surface area contributed by atoms with Gasteiger partial charge in [0.25, 0.3) is 0 Å². The monoisotopic (exact) mass is 421 g/mol. The molecular weight excluding hydrogens is 390 g/mol. The fourth-order valence-electron chi connectivity index (χ4n) is 4.56. The first kappa shape index (κ1) is 20.2. The Morgan fingerprint density at radius 3 is 2.68 bits per heavy atom. The summed E-state index contributed by atoms with van der Waals surface area (Å²) < 4.78 is 8.39. The molecule has 0 radical (unpaired) electrons. The quantitative estimate of drug-likeness (QED) is 0.651. The van der Waals surface area contributed by atoms with E-state index < -0.39 is 0 Å². The number of benzene rings is 1. The number of nitrogens with one attached hydrogen (secondary N) is 1. The molecule has 0 unspecified atom stereocenters. The Balaban J connectivity index is 1.31. The number of hydrogen-bond donors (Lipinski definition) is 2. The summed E-state index contributed by atoms with van der Waals surface area (Å²) in [7, 11) is 2.17. The molecular formula is C23H31N7O. The lowest BCUT2D eigenvalue weighted by Crippen LogP contribution is -2.31. The average molecular weight is 422 g/mol. The maximum absolute atomic E-state index is 6.32. The van der Waals surface area contributed by atoms with Gasteiger partial charge in [-0.05, 0) is 64.7 Å². The lowest BCUT2D eigenvalue weighted by atomic mass is 9.94. The van der Waals surface area contributed by atoms with Gasteiger partial charge in [0.15, 0.2) is 0 Å². The first-order valence-corrected chi connectivity index (χ1v) is 11.3. The van der Waals surface area contributed by atoms with E-state index in [1.807, 2.05) is 30.6 Å². The Hall–Kier alpha value is -2.71. The normalized spacial score (nSPS) is 23.2. The number of rotatable bonds is 5. The molecule has 5 rings (SSSR count). The molecule has 3 aromatic rings. The van der Waals surface area contributed by atoms with Gasteiger partial charge in [-0.25, -0.2) is 9.97 Å². The minimum Gasteiger partial charge on any atom is -0.488 e. The topological polar surface area (TPSA) is 94.1 Å². The van der Waals surface area contributed by atoms with E-state index in [9.17, 15) is 0 Å². The number of piperidine rings is 1. The Kier molecular flexibility index (Phi) is 5.74. The second-order valence-electron chi connectivity index (χ2n) is 8.91. The summed E-state index contributed by atoms with van der Waals surface area (Å²) in [6, 6.07) is 6.76. The van der Waals surface area contributed by atoms with Crippen LogP contribution in [0.5, 0.6) is 5.75 Å². The third-order valence-electron chi connectivity index (χ3n) is 6.51. The van der Waals surface area contributed by atoms with Gasteiger partial charge in [-0.3, -0.25) is 4.68 Å². The van der Waals surface area contributed by atoms with E-state index in [1.165, 1.54) is 0 Å². The highest BCUT2D eigenvalue weighted by atomic mass is 16.5. The fraction of sp³-hybridized carbons (Fsp3) is 0.522. The second kappa shape index (κ2) is 8.80. The molecule has 1 saturated heterocycles. The summed E-state index contributed by atoms with van der Waals surface area (Å²) in [5.74, 6) is 1.36. The van der Waals surface area contributed by atoms with Gasteiger partial charge in [0.2, 0.25) is 5.95 Å². The van der Waals surface area contributed by atoms with Crippen LogP contribution in [0.1, 0.15) is 44.6 Å². The van der Waals surface area contributed by atoms with Crippen molar-refractivity contribution in [3.63, 3.8) is 0 Å². The van der Waals surface area contributed by atoms with Gasteiger partial charge in [0.1, 0.15) is 11.3 Å². The van der Waals surface area contributed by atoms with Gasteiger partial charge in [0.05, 0.1) is 24.0 Å². The summed E-state index contributed by atoms with van der Waals surface area (Å²) in [5, 5.41) is 8.85. The van der Waals surface area contributed by atoms with E-state index in [-0.39, 0.29) is 6.10 Å². The first-order valence-electron chi connectivity index (χ1n) is 11.3. The molecule has 1 aromatic carbocycles. The largest absolute Gasteiger partial charge is 0.488 e. The van der Waals surface area contributed by atoms with Crippen LogP contribution in [0.15, 0.2) is 36.8 Å². The second-order valence-corrected chi connectivity index (χ2v) is 8.91. The molecule has 8 heteroatoms. The van der Waals surface area contributed by atoms with Gasteiger partial charge >= 0.3 is 0 Å². The van der Waals surface area contributed by atoms with Crippen LogP contribution in [-0.4, -0.2) is 56.9 Å². The molecule has 1 aliphatic heterocycles. The third-order valence-corrected chi connectivity index (χ3v) is 6.51. The molecule has 0 spiro atoms. The highest BCUT2D eigenvalue weighted by molar-refractivity contribution is 5.84. The van der Waals surface area contributed by atoms with Gasteiger partial charge < -0.3 is 20.7 Å². The predicted molar refractivity (Wildman–Crippen MR) is 122 cm³/mol. The summed E-state index contributed by atoms with van der Waals surface area (Å²) in [6.07, 6.45) is 12.2. The highest BCUT2D eigenvalue weighted by Gasteiger charge is 2.21. The lowest BCUT2D eigenvalue weighted by molar-refractivity contribution is 0.149. The number of fused-ring (bicyclic) bond motifs is 1. The van der Waals surface area contributed by atoms with Gasteiger partial charge in [-0.1, -0.05) is 12.1 Å². The smallest absolute Gasteiger partial charge is 0.227 e. The van der Waals surface area contributed by atoms with E-state index in [4.69, 9.17) is 15.5 Å². The molecule has 2 aromatic heterocycles. The van der Waals surface area contributed by atoms with Crippen LogP contribution in [0, 0.1) is 0 Å². The van der Waals surface area contributed by atoms with Crippen molar-refractivity contribution in [1.82, 2.24) is 24.6 Å². The van der Waals surface area contributed by atoms with Crippen molar-refractivity contribution in [3.8, 4) is 5.75 Å². The molecule has 2 fully saturated rings. The fourth-order valence-corrected chi connectivity index (χ4v) is 4.56. The summed E-state index contributed by atoms with van der Waals surface area (Å²) >= 11 is 0. The Morgan fingerprint density at radius 2 is 1.87 bits per heavy atom. The van der Waals surface area contributed by atoms with E-state index in [0.29, 0.717) is 18.0 Å². The van der Waals surface area contributed by atoms with E-state index in [0.717, 1.165) is 74.0 Å². The number of likely N-dealkylation sites (tertiary alicyclic amines) is 1. The van der Waals surface area contributed by atoms with Crippen molar-refractivity contribution in [3.05, 3.63) is 36.8 Å². The molecule has 0 amide bonds. The molecule has 1 aliphatic carbocycles. The van der Waals surface area contributed by atoms with Crippen LogP contribution < -0.4 is 15.8 Å². The number of ether oxygens (including phenoxy) is 1. The SMILES string of the molecule is CN1CCC(n2cc(Nc3ncc4cccc(O[C@H]5CC[C@H](N)CC5)c4n3)cn2)CC1. The zero-order valence-electron chi connectivity index (χ0n) is 18.1. The van der Waals surface area contributed by atoms with Crippen LogP contribution >= 0.6 is 0 Å². The summed E-state index contributed by atoms with van der Waals surface area (Å²) in [6.45, 7) is 2.22. The molecule has 1 saturated carbocycles. The van der Waals surface area contributed by atoms with Crippen molar-refractivity contribution < 1.29 is 4.74 Å². The number of para-hydroxylation sites is 1. The maximum Gasteiger partial charge on any atom is 0.227 e. The highest BCUT2D eigenvalue weighted by Crippen LogP contribution is 2.29. The number of aromatic nitrogens is 4. The van der Waals surface area contributed by atoms with Crippen molar-refractivity contribution in [2.75, 3.05) is 25.5 Å². The molecule has 8 nitrogen and oxygen atoms in total. The standard InChI is InChI=1S/C23H31N7O/c1-29-11-9-19(10-12-29)30-15-18(14-26-30)27-23-25-13-16-3-2-4-21(22(16)28-23)31-20-7-5-17(24)6-8-20/h2-4,13-15,17,19-20H,5-12,24H2,1H3,(H,25,27,28)/t17-,20-. The van der Waals surface area contributed by atoms with Crippen molar-refractivity contribution in [2.45, 2.75) is 56.7 Å². The predicted octanol–water partition coefficient (Wildman–Crippen LogP) is 3.49. The van der Waals surface area contributed by atoms with Crippen molar-refractivity contribution in [2.24, 2.45) is 5.73 Å². The zero-order valence-corrected chi connectivity index (χ0v) is 18.1. The number of anilines is 2. The number of nitrogens with zero attached hydrogens (tertiary/aromatic N) is 5. The maximum atomic E-state index is 6.32. The molecule has 3 N–H and O–H groups in total. The molecule has 0 bridgehead atoms. The molecule has 0 atom stereocenters. The van der Waals surface area contributed by atoms with Gasteiger partial charge in [-0.15, -0.1) is 0 Å². The average Bonchev–Trinajstić information content (AvgIpc) is 3.25. The summed E-state index contributed by atoms with van der Waals surface area (Å²) in [4.78, 5) is 11.6. The molecule has 31 heavy (non-hydrogen) atoms. The Morgan fingerprint density at radius 1 is 1.06 bits per heavy atom.